The number of nitrogens with one attached hydrogen (secondary N) is 1. The molecule has 3 heteroatoms. The quantitative estimate of drug-likeness (QED) is 0.727. The Bertz CT molecular complexity index is 254. The van der Waals surface area contributed by atoms with Crippen molar-refractivity contribution in [1.29, 1.82) is 0 Å². The van der Waals surface area contributed by atoms with Crippen LogP contribution in [0, 0.1) is 17.8 Å². The number of rotatable bonds is 5. The normalized spacial score (nSPS) is 34.0. The molecule has 0 aliphatic heterocycles. The van der Waals surface area contributed by atoms with Crippen LogP contribution in [0.4, 0.5) is 0 Å². The smallest absolute Gasteiger partial charge is 0.306 e. The summed E-state index contributed by atoms with van der Waals surface area (Å²) in [6.45, 7) is 3.02. The molecule has 2 rings (SSSR count). The third-order valence-corrected chi connectivity index (χ3v) is 4.46. The van der Waals surface area contributed by atoms with Gasteiger partial charge in [-0.05, 0) is 43.9 Å². The summed E-state index contributed by atoms with van der Waals surface area (Å²) < 4.78 is 4.63. The zero-order valence-corrected chi connectivity index (χ0v) is 10.4. The summed E-state index contributed by atoms with van der Waals surface area (Å²) >= 11 is 0. The first-order valence-electron chi connectivity index (χ1n) is 6.51. The van der Waals surface area contributed by atoms with Crippen LogP contribution in [0.5, 0.6) is 0 Å². The van der Waals surface area contributed by atoms with Crippen molar-refractivity contribution in [2.75, 3.05) is 13.7 Å². The van der Waals surface area contributed by atoms with Crippen LogP contribution in [-0.4, -0.2) is 25.7 Å². The summed E-state index contributed by atoms with van der Waals surface area (Å²) in [6.07, 6.45) is 6.22. The van der Waals surface area contributed by atoms with E-state index >= 15 is 0 Å². The monoisotopic (exact) mass is 225 g/mol. The van der Waals surface area contributed by atoms with Crippen LogP contribution in [0.2, 0.25) is 0 Å². The second-order valence-electron chi connectivity index (χ2n) is 5.41. The van der Waals surface area contributed by atoms with Crippen molar-refractivity contribution < 1.29 is 9.53 Å². The van der Waals surface area contributed by atoms with E-state index in [1.165, 1.54) is 32.8 Å². The van der Waals surface area contributed by atoms with Gasteiger partial charge in [-0.2, -0.15) is 0 Å². The van der Waals surface area contributed by atoms with E-state index in [1.54, 1.807) is 0 Å². The summed E-state index contributed by atoms with van der Waals surface area (Å²) in [4.78, 5) is 11.0. The van der Waals surface area contributed by atoms with E-state index in [4.69, 9.17) is 0 Å². The number of fused-ring (bicyclic) bond motifs is 2. The molecule has 92 valence electrons. The predicted octanol–water partition coefficient (Wildman–Crippen LogP) is 1.96. The molecule has 0 aromatic rings. The number of carbonyl (C=O) groups excluding carboxylic acids is 1. The van der Waals surface area contributed by atoms with E-state index < -0.39 is 0 Å². The van der Waals surface area contributed by atoms with Gasteiger partial charge < -0.3 is 10.1 Å². The fourth-order valence-corrected chi connectivity index (χ4v) is 3.56. The minimum atomic E-state index is -0.118. The minimum absolute atomic E-state index is 0.118. The predicted molar refractivity (Wildman–Crippen MR) is 63.0 cm³/mol. The lowest BCUT2D eigenvalue weighted by Crippen LogP contribution is -2.37. The van der Waals surface area contributed by atoms with Crippen molar-refractivity contribution >= 4 is 5.97 Å². The lowest BCUT2D eigenvalue weighted by Gasteiger charge is -2.28. The molecule has 0 spiro atoms. The Morgan fingerprint density at radius 3 is 2.81 bits per heavy atom. The molecular formula is C13H23NO2. The first-order valence-corrected chi connectivity index (χ1v) is 6.51. The zero-order valence-electron chi connectivity index (χ0n) is 10.4. The maximum Gasteiger partial charge on any atom is 0.306 e. The molecule has 1 N–H and O–H groups in total. The number of hydrogen-bond acceptors (Lipinski definition) is 3. The van der Waals surface area contributed by atoms with Crippen molar-refractivity contribution in [2.45, 2.75) is 45.1 Å². The fourth-order valence-electron chi connectivity index (χ4n) is 3.56. The third-order valence-electron chi connectivity index (χ3n) is 4.46. The molecule has 0 aromatic heterocycles. The molecule has 0 radical (unpaired) electrons. The van der Waals surface area contributed by atoms with Gasteiger partial charge in [0.2, 0.25) is 0 Å². The Morgan fingerprint density at radius 1 is 1.44 bits per heavy atom. The van der Waals surface area contributed by atoms with Crippen molar-refractivity contribution in [1.82, 2.24) is 5.32 Å². The Morgan fingerprint density at radius 2 is 2.25 bits per heavy atom. The Balaban J connectivity index is 1.68. The largest absolute Gasteiger partial charge is 0.469 e. The van der Waals surface area contributed by atoms with E-state index in [9.17, 15) is 4.79 Å². The highest BCUT2D eigenvalue weighted by atomic mass is 16.5. The van der Waals surface area contributed by atoms with Gasteiger partial charge in [0.05, 0.1) is 13.5 Å². The average Bonchev–Trinajstić information content (AvgIpc) is 2.90. The minimum Gasteiger partial charge on any atom is -0.469 e. The van der Waals surface area contributed by atoms with Crippen LogP contribution in [0.1, 0.15) is 39.0 Å². The Kier molecular flexibility index (Phi) is 3.85. The molecule has 0 saturated heterocycles. The molecule has 2 saturated carbocycles. The molecule has 4 atom stereocenters. The molecule has 2 aliphatic carbocycles. The second kappa shape index (κ2) is 5.17. The number of hydrogen-bond donors (Lipinski definition) is 1. The van der Waals surface area contributed by atoms with Crippen LogP contribution in [0.15, 0.2) is 0 Å². The number of carbonyl (C=O) groups is 1. The molecule has 2 aliphatic rings. The van der Waals surface area contributed by atoms with Crippen molar-refractivity contribution in [3.8, 4) is 0 Å². The summed E-state index contributed by atoms with van der Waals surface area (Å²) in [6, 6.07) is 0.556. The summed E-state index contributed by atoms with van der Waals surface area (Å²) in [5.74, 6) is 2.68. The average molecular weight is 225 g/mol. The van der Waals surface area contributed by atoms with Gasteiger partial charge in [-0.3, -0.25) is 4.79 Å². The van der Waals surface area contributed by atoms with Crippen molar-refractivity contribution in [2.24, 2.45) is 17.8 Å². The molecule has 0 heterocycles. The Hall–Kier alpha value is -0.570. The standard InChI is InChI=1S/C13H23NO2/c1-9(14-6-5-13(15)16-2)12-8-10-3-4-11(12)7-10/h9-12,14H,3-8H2,1-2H3. The van der Waals surface area contributed by atoms with E-state index in [0.29, 0.717) is 12.5 Å². The third kappa shape index (κ3) is 2.57. The molecule has 4 unspecified atom stereocenters. The number of methoxy groups -OCH3 is 1. The molecule has 16 heavy (non-hydrogen) atoms. The summed E-state index contributed by atoms with van der Waals surface area (Å²) in [5, 5.41) is 3.47. The van der Waals surface area contributed by atoms with Crippen molar-refractivity contribution in [3.63, 3.8) is 0 Å². The number of ether oxygens (including phenoxy) is 1. The van der Waals surface area contributed by atoms with Gasteiger partial charge >= 0.3 is 5.97 Å². The lowest BCUT2D eigenvalue weighted by atomic mass is 9.84. The van der Waals surface area contributed by atoms with Crippen molar-refractivity contribution in [3.05, 3.63) is 0 Å². The van der Waals surface area contributed by atoms with Gasteiger partial charge in [-0.15, -0.1) is 0 Å². The van der Waals surface area contributed by atoms with Crippen LogP contribution in [-0.2, 0) is 9.53 Å². The van der Waals surface area contributed by atoms with Gasteiger partial charge in [0.15, 0.2) is 0 Å². The SMILES string of the molecule is COC(=O)CCNC(C)C1CC2CCC1C2. The topological polar surface area (TPSA) is 38.3 Å². The highest BCUT2D eigenvalue weighted by molar-refractivity contribution is 5.69. The fraction of sp³-hybridized carbons (Fsp3) is 0.923. The van der Waals surface area contributed by atoms with Gasteiger partial charge in [-0.25, -0.2) is 0 Å². The highest BCUT2D eigenvalue weighted by Gasteiger charge is 2.41. The van der Waals surface area contributed by atoms with Crippen LogP contribution < -0.4 is 5.32 Å². The number of esters is 1. The Labute approximate surface area is 97.9 Å². The summed E-state index contributed by atoms with van der Waals surface area (Å²) in [5.41, 5.74) is 0. The van der Waals surface area contributed by atoms with E-state index in [0.717, 1.165) is 24.3 Å². The maximum atomic E-state index is 11.0. The molecular weight excluding hydrogens is 202 g/mol. The molecule has 2 bridgehead atoms. The van der Waals surface area contributed by atoms with E-state index in [1.807, 2.05) is 0 Å². The van der Waals surface area contributed by atoms with Crippen LogP contribution in [0.25, 0.3) is 0 Å². The van der Waals surface area contributed by atoms with Gasteiger partial charge in [0.1, 0.15) is 0 Å². The molecule has 0 aromatic carbocycles. The van der Waals surface area contributed by atoms with Gasteiger partial charge in [0.25, 0.3) is 0 Å². The summed E-state index contributed by atoms with van der Waals surface area (Å²) in [7, 11) is 1.45. The molecule has 0 amide bonds. The molecule has 3 nitrogen and oxygen atoms in total. The lowest BCUT2D eigenvalue weighted by molar-refractivity contribution is -0.140. The zero-order chi connectivity index (χ0) is 11.5. The van der Waals surface area contributed by atoms with Gasteiger partial charge in [-0.1, -0.05) is 6.42 Å². The second-order valence-corrected chi connectivity index (χ2v) is 5.41. The van der Waals surface area contributed by atoms with E-state index in [2.05, 4.69) is 17.0 Å². The highest BCUT2D eigenvalue weighted by Crippen LogP contribution is 2.49. The first kappa shape index (κ1) is 11.9. The van der Waals surface area contributed by atoms with Gasteiger partial charge in [0, 0.05) is 12.6 Å². The maximum absolute atomic E-state index is 11.0. The van der Waals surface area contributed by atoms with Crippen LogP contribution in [0.3, 0.4) is 0 Å². The molecule has 2 fully saturated rings. The first-order chi connectivity index (χ1) is 7.70. The van der Waals surface area contributed by atoms with E-state index in [-0.39, 0.29) is 5.97 Å². The van der Waals surface area contributed by atoms with Crippen LogP contribution >= 0.6 is 0 Å².